The van der Waals surface area contributed by atoms with Gasteiger partial charge in [0, 0.05) is 13.0 Å². The predicted molar refractivity (Wildman–Crippen MR) is 84.5 cm³/mol. The van der Waals surface area contributed by atoms with Crippen LogP contribution in [0.15, 0.2) is 53.6 Å². The molecule has 2 aromatic rings. The fourth-order valence-electron chi connectivity index (χ4n) is 2.38. The van der Waals surface area contributed by atoms with Crippen molar-refractivity contribution in [2.24, 2.45) is 5.10 Å². The van der Waals surface area contributed by atoms with E-state index in [-0.39, 0.29) is 0 Å². The van der Waals surface area contributed by atoms with E-state index in [0.29, 0.717) is 0 Å². The topological polar surface area (TPSA) is 34.1 Å². The first-order chi connectivity index (χ1) is 10.3. The molecule has 4 nitrogen and oxygen atoms in total. The number of benzene rings is 2. The first-order valence-corrected chi connectivity index (χ1v) is 6.93. The fraction of sp³-hybridized carbons (Fsp3) is 0.235. The fourth-order valence-corrected chi connectivity index (χ4v) is 2.38. The highest BCUT2D eigenvalue weighted by Crippen LogP contribution is 2.24. The summed E-state index contributed by atoms with van der Waals surface area (Å²) in [6.07, 6.45) is 0.943. The Kier molecular flexibility index (Phi) is 3.77. The molecule has 1 aliphatic rings. The molecule has 3 rings (SSSR count). The summed E-state index contributed by atoms with van der Waals surface area (Å²) in [5.74, 6) is 1.72. The Morgan fingerprint density at radius 1 is 0.857 bits per heavy atom. The maximum Gasteiger partial charge on any atom is 0.119 e. The van der Waals surface area contributed by atoms with Gasteiger partial charge >= 0.3 is 0 Å². The van der Waals surface area contributed by atoms with Crippen molar-refractivity contribution in [2.75, 3.05) is 25.8 Å². The number of hydrogen-bond donors (Lipinski definition) is 0. The maximum atomic E-state index is 5.18. The van der Waals surface area contributed by atoms with Crippen LogP contribution in [-0.4, -0.2) is 26.5 Å². The van der Waals surface area contributed by atoms with Crippen molar-refractivity contribution < 1.29 is 9.47 Å². The molecule has 0 aliphatic carbocycles. The van der Waals surface area contributed by atoms with Crippen molar-refractivity contribution >= 4 is 11.4 Å². The molecule has 0 bridgehead atoms. The number of anilines is 1. The second kappa shape index (κ2) is 5.87. The molecule has 2 aromatic carbocycles. The van der Waals surface area contributed by atoms with Gasteiger partial charge in [-0.15, -0.1) is 0 Å². The molecule has 0 amide bonds. The Labute approximate surface area is 124 Å². The van der Waals surface area contributed by atoms with Crippen molar-refractivity contribution in [3.8, 4) is 11.5 Å². The number of nitrogens with zero attached hydrogens (tertiary/aromatic N) is 2. The Bertz CT molecular complexity index is 633. The molecule has 0 saturated carbocycles. The third kappa shape index (κ3) is 2.84. The van der Waals surface area contributed by atoms with Gasteiger partial charge in [0.1, 0.15) is 11.5 Å². The zero-order valence-corrected chi connectivity index (χ0v) is 12.2. The molecule has 0 aromatic heterocycles. The van der Waals surface area contributed by atoms with Crippen LogP contribution in [0.4, 0.5) is 5.69 Å². The van der Waals surface area contributed by atoms with Crippen LogP contribution in [0, 0.1) is 0 Å². The van der Waals surface area contributed by atoms with Gasteiger partial charge in [0.05, 0.1) is 25.6 Å². The second-order valence-electron chi connectivity index (χ2n) is 4.85. The van der Waals surface area contributed by atoms with Crippen LogP contribution >= 0.6 is 0 Å². The molecule has 4 heteroatoms. The van der Waals surface area contributed by atoms with Crippen LogP contribution in [-0.2, 0) is 0 Å². The minimum atomic E-state index is 0.859. The lowest BCUT2D eigenvalue weighted by Crippen LogP contribution is -2.11. The van der Waals surface area contributed by atoms with E-state index in [9.17, 15) is 0 Å². The number of ether oxygens (including phenoxy) is 2. The molecule has 0 spiro atoms. The summed E-state index contributed by atoms with van der Waals surface area (Å²) in [5.41, 5.74) is 3.33. The first kappa shape index (κ1) is 13.5. The van der Waals surface area contributed by atoms with Gasteiger partial charge in [0.15, 0.2) is 0 Å². The summed E-state index contributed by atoms with van der Waals surface area (Å²) in [5, 5.41) is 6.73. The molecule has 1 heterocycles. The van der Waals surface area contributed by atoms with Crippen molar-refractivity contribution in [1.82, 2.24) is 0 Å². The van der Waals surface area contributed by atoms with E-state index in [0.717, 1.165) is 41.4 Å². The molecule has 0 N–H and O–H groups in total. The Morgan fingerprint density at radius 2 is 1.43 bits per heavy atom. The molecule has 0 atom stereocenters. The SMILES string of the molecule is COc1ccc(C2=NN(c3ccc(OC)cc3)CC2)cc1. The summed E-state index contributed by atoms with van der Waals surface area (Å²) >= 11 is 0. The molecule has 108 valence electrons. The predicted octanol–water partition coefficient (Wildman–Crippen LogP) is 3.32. The molecule has 0 unspecified atom stereocenters. The van der Waals surface area contributed by atoms with Gasteiger partial charge in [-0.05, 0) is 54.1 Å². The monoisotopic (exact) mass is 282 g/mol. The standard InChI is InChI=1S/C17H18N2O2/c1-20-15-7-3-13(4-8-15)17-11-12-19(18-17)14-5-9-16(21-2)10-6-14/h3-10H,11-12H2,1-2H3. The molecule has 1 aliphatic heterocycles. The Balaban J connectivity index is 1.79. The number of methoxy groups -OCH3 is 2. The third-order valence-electron chi connectivity index (χ3n) is 3.60. The zero-order valence-electron chi connectivity index (χ0n) is 12.2. The normalized spacial score (nSPS) is 14.0. The maximum absolute atomic E-state index is 5.18. The summed E-state index contributed by atoms with van der Waals surface area (Å²) < 4.78 is 10.4. The van der Waals surface area contributed by atoms with E-state index in [4.69, 9.17) is 14.6 Å². The van der Waals surface area contributed by atoms with Gasteiger partial charge < -0.3 is 9.47 Å². The van der Waals surface area contributed by atoms with Crippen molar-refractivity contribution in [3.63, 3.8) is 0 Å². The number of hydrazone groups is 1. The average molecular weight is 282 g/mol. The smallest absolute Gasteiger partial charge is 0.119 e. The molecule has 0 saturated heterocycles. The van der Waals surface area contributed by atoms with Crippen molar-refractivity contribution in [2.45, 2.75) is 6.42 Å². The van der Waals surface area contributed by atoms with Crippen LogP contribution in [0.1, 0.15) is 12.0 Å². The molecular weight excluding hydrogens is 264 g/mol. The lowest BCUT2D eigenvalue weighted by atomic mass is 10.1. The number of hydrogen-bond acceptors (Lipinski definition) is 4. The van der Waals surface area contributed by atoms with E-state index in [1.54, 1.807) is 14.2 Å². The van der Waals surface area contributed by atoms with Crippen LogP contribution in [0.25, 0.3) is 0 Å². The van der Waals surface area contributed by atoms with E-state index >= 15 is 0 Å². The van der Waals surface area contributed by atoms with E-state index in [1.807, 2.05) is 41.4 Å². The lowest BCUT2D eigenvalue weighted by molar-refractivity contribution is 0.414. The van der Waals surface area contributed by atoms with Gasteiger partial charge in [-0.3, -0.25) is 5.01 Å². The highest BCUT2D eigenvalue weighted by atomic mass is 16.5. The molecular formula is C17H18N2O2. The quantitative estimate of drug-likeness (QED) is 0.862. The van der Waals surface area contributed by atoms with Crippen molar-refractivity contribution in [3.05, 3.63) is 54.1 Å². The first-order valence-electron chi connectivity index (χ1n) is 6.93. The van der Waals surface area contributed by atoms with Gasteiger partial charge in [0.25, 0.3) is 0 Å². The third-order valence-corrected chi connectivity index (χ3v) is 3.60. The summed E-state index contributed by atoms with van der Waals surface area (Å²) in [6, 6.07) is 16.0. The van der Waals surface area contributed by atoms with Crippen LogP contribution < -0.4 is 14.5 Å². The Hall–Kier alpha value is -2.49. The average Bonchev–Trinajstić information content (AvgIpc) is 3.05. The highest BCUT2D eigenvalue weighted by molar-refractivity contribution is 6.02. The van der Waals surface area contributed by atoms with Gasteiger partial charge in [-0.2, -0.15) is 5.10 Å². The van der Waals surface area contributed by atoms with Gasteiger partial charge in [-0.1, -0.05) is 0 Å². The molecule has 0 fully saturated rings. The summed E-state index contributed by atoms with van der Waals surface area (Å²) in [4.78, 5) is 0. The second-order valence-corrected chi connectivity index (χ2v) is 4.85. The van der Waals surface area contributed by atoms with Gasteiger partial charge in [0.2, 0.25) is 0 Å². The van der Waals surface area contributed by atoms with Crippen LogP contribution in [0.3, 0.4) is 0 Å². The summed E-state index contributed by atoms with van der Waals surface area (Å²) in [6.45, 7) is 0.897. The van der Waals surface area contributed by atoms with Crippen LogP contribution in [0.2, 0.25) is 0 Å². The molecule has 0 radical (unpaired) electrons. The Morgan fingerprint density at radius 3 is 2.00 bits per heavy atom. The molecule has 21 heavy (non-hydrogen) atoms. The lowest BCUT2D eigenvalue weighted by Gasteiger charge is -2.13. The van der Waals surface area contributed by atoms with E-state index in [1.165, 1.54) is 0 Å². The summed E-state index contributed by atoms with van der Waals surface area (Å²) in [7, 11) is 3.35. The minimum absolute atomic E-state index is 0.859. The zero-order chi connectivity index (χ0) is 14.7. The number of rotatable bonds is 4. The van der Waals surface area contributed by atoms with Gasteiger partial charge in [-0.25, -0.2) is 0 Å². The minimum Gasteiger partial charge on any atom is -0.497 e. The van der Waals surface area contributed by atoms with E-state index in [2.05, 4.69) is 12.1 Å². The largest absolute Gasteiger partial charge is 0.497 e. The highest BCUT2D eigenvalue weighted by Gasteiger charge is 2.17. The van der Waals surface area contributed by atoms with Crippen LogP contribution in [0.5, 0.6) is 11.5 Å². The van der Waals surface area contributed by atoms with E-state index < -0.39 is 0 Å². The van der Waals surface area contributed by atoms with Crippen molar-refractivity contribution in [1.29, 1.82) is 0 Å².